The average Bonchev–Trinajstić information content (AvgIpc) is 3.00. The molecule has 230 valence electrons. The molecule has 2 N–H and O–H groups in total. The molecule has 1 aliphatic heterocycles. The van der Waals surface area contributed by atoms with Gasteiger partial charge in [0, 0.05) is 18.8 Å². The second-order valence-corrected chi connectivity index (χ2v) is 11.1. The van der Waals surface area contributed by atoms with Crippen molar-refractivity contribution in [3.8, 4) is 11.1 Å². The molecule has 1 aliphatic rings. The van der Waals surface area contributed by atoms with E-state index < -0.39 is 24.5 Å². The summed E-state index contributed by atoms with van der Waals surface area (Å²) in [5.74, 6) is -1.96. The molecule has 1 fully saturated rings. The summed E-state index contributed by atoms with van der Waals surface area (Å²) in [7, 11) is 0. The van der Waals surface area contributed by atoms with Crippen LogP contribution in [0.25, 0.3) is 11.1 Å². The Morgan fingerprint density at radius 1 is 1.02 bits per heavy atom. The summed E-state index contributed by atoms with van der Waals surface area (Å²) < 4.78 is 32.0. The minimum Gasteiger partial charge on any atom is -0.465 e. The van der Waals surface area contributed by atoms with E-state index in [9.17, 15) is 14.7 Å². The van der Waals surface area contributed by atoms with E-state index in [1.165, 1.54) is 19.3 Å². The first-order valence-corrected chi connectivity index (χ1v) is 15.0. The molecule has 2 aromatic rings. The molecular weight excluding hydrogens is 539 g/mol. The maximum absolute atomic E-state index is 15.4. The maximum Gasteiger partial charge on any atom is 0.335 e. The molecule has 0 bridgehead atoms. The van der Waals surface area contributed by atoms with Gasteiger partial charge >= 0.3 is 11.9 Å². The van der Waals surface area contributed by atoms with Gasteiger partial charge in [0.15, 0.2) is 0 Å². The predicted octanol–water partition coefficient (Wildman–Crippen LogP) is 5.68. The molecular formula is C34H45FO7. The molecule has 0 aromatic heterocycles. The second-order valence-electron chi connectivity index (χ2n) is 11.1. The average molecular weight is 585 g/mol. The number of hydrogen-bond acceptors (Lipinski definition) is 7. The van der Waals surface area contributed by atoms with E-state index in [2.05, 4.69) is 13.5 Å². The lowest BCUT2D eigenvalue weighted by atomic mass is 9.88. The van der Waals surface area contributed by atoms with E-state index >= 15 is 4.39 Å². The normalized spacial score (nSPS) is 17.5. The molecule has 42 heavy (non-hydrogen) atoms. The molecule has 1 saturated heterocycles. The third-order valence-corrected chi connectivity index (χ3v) is 7.74. The third-order valence-electron chi connectivity index (χ3n) is 7.74. The first-order valence-electron chi connectivity index (χ1n) is 15.0. The van der Waals surface area contributed by atoms with E-state index in [4.69, 9.17) is 19.3 Å². The van der Waals surface area contributed by atoms with Crippen LogP contribution in [0, 0.1) is 11.7 Å². The van der Waals surface area contributed by atoms with Crippen molar-refractivity contribution in [2.75, 3.05) is 33.0 Å². The van der Waals surface area contributed by atoms with Crippen LogP contribution < -0.4 is 0 Å². The topological polar surface area (TPSA) is 102 Å². The Bertz CT molecular complexity index is 1190. The predicted molar refractivity (Wildman–Crippen MR) is 159 cm³/mol. The number of aliphatic hydroxyl groups excluding tert-OH is 2. The molecule has 0 aliphatic carbocycles. The summed E-state index contributed by atoms with van der Waals surface area (Å²) in [5.41, 5.74) is 3.89. The van der Waals surface area contributed by atoms with Gasteiger partial charge in [-0.2, -0.15) is 0 Å². The SMILES string of the molecule is C=C(CO)C(=O)OCCc1cc(CCOC(=O)C(C)CO)cc(-c2ccc(C3CCC(CCCCC)OC3)c(F)c2)c1. The molecule has 7 nitrogen and oxygen atoms in total. The molecule has 3 unspecified atom stereocenters. The highest BCUT2D eigenvalue weighted by molar-refractivity contribution is 5.87. The van der Waals surface area contributed by atoms with Crippen molar-refractivity contribution >= 4 is 11.9 Å². The number of ether oxygens (including phenoxy) is 3. The summed E-state index contributed by atoms with van der Waals surface area (Å²) >= 11 is 0. The number of carbonyl (C=O) groups is 2. The summed E-state index contributed by atoms with van der Waals surface area (Å²) in [4.78, 5) is 23.9. The Kier molecular flexibility index (Phi) is 13.6. The first kappa shape index (κ1) is 33.4. The highest BCUT2D eigenvalue weighted by atomic mass is 19.1. The van der Waals surface area contributed by atoms with Crippen LogP contribution in [0.4, 0.5) is 4.39 Å². The number of hydrogen-bond donors (Lipinski definition) is 2. The van der Waals surface area contributed by atoms with E-state index in [0.29, 0.717) is 30.6 Å². The lowest BCUT2D eigenvalue weighted by Crippen LogP contribution is -2.25. The number of halogens is 1. The number of carbonyl (C=O) groups excluding carboxylic acids is 2. The lowest BCUT2D eigenvalue weighted by Gasteiger charge is -2.29. The molecule has 0 spiro atoms. The summed E-state index contributed by atoms with van der Waals surface area (Å²) in [5, 5.41) is 18.3. The first-order chi connectivity index (χ1) is 20.2. The lowest BCUT2D eigenvalue weighted by molar-refractivity contribution is -0.149. The van der Waals surface area contributed by atoms with Crippen LogP contribution >= 0.6 is 0 Å². The molecule has 8 heteroatoms. The smallest absolute Gasteiger partial charge is 0.335 e. The Hall–Kier alpha value is -3.07. The van der Waals surface area contributed by atoms with Gasteiger partial charge in [0.1, 0.15) is 5.82 Å². The van der Waals surface area contributed by atoms with E-state index in [1.54, 1.807) is 13.0 Å². The summed E-state index contributed by atoms with van der Waals surface area (Å²) in [6.45, 7) is 7.25. The van der Waals surface area contributed by atoms with Gasteiger partial charge in [-0.25, -0.2) is 9.18 Å². The largest absolute Gasteiger partial charge is 0.465 e. The van der Waals surface area contributed by atoms with Gasteiger partial charge in [0.2, 0.25) is 0 Å². The minimum atomic E-state index is -0.657. The van der Waals surface area contributed by atoms with Crippen LogP contribution in [0.5, 0.6) is 0 Å². The van der Waals surface area contributed by atoms with Crippen molar-refractivity contribution in [2.24, 2.45) is 5.92 Å². The molecule has 2 aromatic carbocycles. The van der Waals surface area contributed by atoms with Crippen LogP contribution in [0.2, 0.25) is 0 Å². The van der Waals surface area contributed by atoms with Crippen LogP contribution in [0.15, 0.2) is 48.6 Å². The fourth-order valence-corrected chi connectivity index (χ4v) is 5.07. The Morgan fingerprint density at radius 2 is 1.74 bits per heavy atom. The van der Waals surface area contributed by atoms with Crippen molar-refractivity contribution in [3.05, 3.63) is 71.1 Å². The Labute approximate surface area is 248 Å². The second kappa shape index (κ2) is 17.1. The molecule has 0 amide bonds. The Morgan fingerprint density at radius 3 is 2.33 bits per heavy atom. The number of benzene rings is 2. The highest BCUT2D eigenvalue weighted by Gasteiger charge is 2.25. The van der Waals surface area contributed by atoms with Gasteiger partial charge in [0.05, 0.1) is 50.6 Å². The van der Waals surface area contributed by atoms with Crippen LogP contribution in [0.3, 0.4) is 0 Å². The van der Waals surface area contributed by atoms with Crippen LogP contribution in [-0.2, 0) is 36.6 Å². The molecule has 1 heterocycles. The van der Waals surface area contributed by atoms with Gasteiger partial charge in [0.25, 0.3) is 0 Å². The van der Waals surface area contributed by atoms with E-state index in [0.717, 1.165) is 36.0 Å². The molecule has 3 atom stereocenters. The number of unbranched alkanes of at least 4 members (excludes halogenated alkanes) is 2. The molecule has 0 saturated carbocycles. The van der Waals surface area contributed by atoms with Crippen LogP contribution in [0.1, 0.15) is 75.0 Å². The van der Waals surface area contributed by atoms with E-state index in [1.807, 2.05) is 30.3 Å². The summed E-state index contributed by atoms with van der Waals surface area (Å²) in [6, 6.07) is 11.1. The van der Waals surface area contributed by atoms with Crippen molar-refractivity contribution in [2.45, 2.75) is 77.2 Å². The van der Waals surface area contributed by atoms with Gasteiger partial charge in [-0.3, -0.25) is 4.79 Å². The third kappa shape index (κ3) is 10.0. The maximum atomic E-state index is 15.4. The zero-order valence-electron chi connectivity index (χ0n) is 24.9. The van der Waals surface area contributed by atoms with Gasteiger partial charge in [-0.1, -0.05) is 63.1 Å². The standard InChI is InChI=1S/C34H45FO7/c1-4-5-6-7-30-10-8-28(22-42-30)31-11-9-27(19-32(31)35)29-17-25(12-14-40-33(38)23(2)20-36)16-26(18-29)13-15-41-34(39)24(3)21-37/h9,11,16-19,24,28,30,36-37H,2,4-8,10,12-15,20-22H2,1,3H3. The van der Waals surface area contributed by atoms with Gasteiger partial charge in [-0.15, -0.1) is 0 Å². The zero-order valence-corrected chi connectivity index (χ0v) is 24.9. The number of esters is 2. The van der Waals surface area contributed by atoms with Crippen molar-refractivity contribution in [3.63, 3.8) is 0 Å². The fraction of sp³-hybridized carbons (Fsp3) is 0.529. The fourth-order valence-electron chi connectivity index (χ4n) is 5.07. The Balaban J connectivity index is 1.73. The minimum absolute atomic E-state index is 0.0192. The van der Waals surface area contributed by atoms with Crippen molar-refractivity contribution in [1.82, 2.24) is 0 Å². The number of rotatable bonds is 16. The van der Waals surface area contributed by atoms with Crippen molar-refractivity contribution in [1.29, 1.82) is 0 Å². The monoisotopic (exact) mass is 584 g/mol. The van der Waals surface area contributed by atoms with Crippen LogP contribution in [-0.4, -0.2) is 61.3 Å². The quantitative estimate of drug-likeness (QED) is 0.149. The van der Waals surface area contributed by atoms with Crippen molar-refractivity contribution < 1.29 is 38.4 Å². The highest BCUT2D eigenvalue weighted by Crippen LogP contribution is 2.34. The zero-order chi connectivity index (χ0) is 30.5. The van der Waals surface area contributed by atoms with Gasteiger partial charge in [-0.05, 0) is 60.1 Å². The summed E-state index contributed by atoms with van der Waals surface area (Å²) in [6.07, 6.45) is 7.56. The number of aliphatic hydroxyl groups is 2. The molecule has 0 radical (unpaired) electrons. The van der Waals surface area contributed by atoms with Gasteiger partial charge < -0.3 is 24.4 Å². The van der Waals surface area contributed by atoms with E-state index in [-0.39, 0.29) is 43.2 Å². The molecule has 3 rings (SSSR count).